The highest BCUT2D eigenvalue weighted by atomic mass is 79.9. The van der Waals surface area contributed by atoms with Crippen LogP contribution in [-0.2, 0) is 0 Å². The second kappa shape index (κ2) is 4.87. The monoisotopic (exact) mass is 299 g/mol. The van der Waals surface area contributed by atoms with E-state index in [0.717, 1.165) is 13.0 Å². The maximum Gasteiger partial charge on any atom is 0.336 e. The molecule has 1 N–H and O–H groups in total. The number of nitrogens with zero attached hydrogens (tertiary/aromatic N) is 1. The standard InChI is InChI=1S/C12H11BrFNO2/c13-10-8(12(16)17)4-5-9(11(10)14)15-6-2-1-3-7-15/h1-2,4-5H,3,6-7H2,(H,16,17). The van der Waals surface area contributed by atoms with E-state index in [1.165, 1.54) is 12.1 Å². The molecule has 1 aliphatic heterocycles. The first-order chi connectivity index (χ1) is 8.11. The molecule has 3 nitrogen and oxygen atoms in total. The minimum Gasteiger partial charge on any atom is -0.478 e. The third-order valence-corrected chi connectivity index (χ3v) is 3.47. The molecule has 17 heavy (non-hydrogen) atoms. The maximum atomic E-state index is 14.0. The van der Waals surface area contributed by atoms with Gasteiger partial charge < -0.3 is 10.0 Å². The van der Waals surface area contributed by atoms with Gasteiger partial charge in [-0.05, 0) is 34.5 Å². The lowest BCUT2D eigenvalue weighted by Crippen LogP contribution is -2.27. The van der Waals surface area contributed by atoms with E-state index < -0.39 is 11.8 Å². The van der Waals surface area contributed by atoms with Gasteiger partial charge in [0.1, 0.15) is 0 Å². The Bertz CT molecular complexity index is 488. The Hall–Kier alpha value is -1.36. The average Bonchev–Trinajstić information content (AvgIpc) is 2.33. The van der Waals surface area contributed by atoms with E-state index in [4.69, 9.17) is 5.11 Å². The first-order valence-corrected chi connectivity index (χ1v) is 6.02. The van der Waals surface area contributed by atoms with Gasteiger partial charge in [0.25, 0.3) is 0 Å². The van der Waals surface area contributed by atoms with Crippen LogP contribution in [0, 0.1) is 5.82 Å². The number of halogens is 2. The minimum absolute atomic E-state index is 0.0112. The average molecular weight is 300 g/mol. The van der Waals surface area contributed by atoms with Crippen LogP contribution in [0.1, 0.15) is 16.8 Å². The molecule has 0 atom stereocenters. The molecule has 0 aliphatic carbocycles. The van der Waals surface area contributed by atoms with E-state index in [-0.39, 0.29) is 10.0 Å². The third kappa shape index (κ3) is 2.34. The first-order valence-electron chi connectivity index (χ1n) is 5.22. The molecule has 0 radical (unpaired) electrons. The van der Waals surface area contributed by atoms with Crippen LogP contribution in [-0.4, -0.2) is 24.2 Å². The normalized spacial score (nSPS) is 15.1. The second-order valence-corrected chi connectivity index (χ2v) is 4.56. The molecular formula is C12H11BrFNO2. The topological polar surface area (TPSA) is 40.5 Å². The van der Waals surface area contributed by atoms with Crippen LogP contribution in [0.3, 0.4) is 0 Å². The predicted molar refractivity (Wildman–Crippen MR) is 67.0 cm³/mol. The largest absolute Gasteiger partial charge is 0.478 e. The van der Waals surface area contributed by atoms with Gasteiger partial charge in [0.15, 0.2) is 5.82 Å². The molecule has 90 valence electrons. The summed E-state index contributed by atoms with van der Waals surface area (Å²) in [6.07, 6.45) is 4.90. The SMILES string of the molecule is O=C(O)c1ccc(N2CC=CCC2)c(F)c1Br. The number of hydrogen-bond acceptors (Lipinski definition) is 2. The number of rotatable bonds is 2. The van der Waals surface area contributed by atoms with Crippen molar-refractivity contribution in [3.8, 4) is 0 Å². The van der Waals surface area contributed by atoms with Crippen molar-refractivity contribution >= 4 is 27.6 Å². The smallest absolute Gasteiger partial charge is 0.336 e. The number of carboxylic acid groups (broad SMARTS) is 1. The summed E-state index contributed by atoms with van der Waals surface area (Å²) in [4.78, 5) is 12.7. The van der Waals surface area contributed by atoms with E-state index in [2.05, 4.69) is 22.0 Å². The molecule has 1 aliphatic rings. The highest BCUT2D eigenvalue weighted by Gasteiger charge is 2.19. The molecule has 0 aromatic heterocycles. The van der Waals surface area contributed by atoms with Crippen LogP contribution < -0.4 is 4.90 Å². The fraction of sp³-hybridized carbons (Fsp3) is 0.250. The molecule has 0 bridgehead atoms. The van der Waals surface area contributed by atoms with Gasteiger partial charge in [-0.2, -0.15) is 0 Å². The van der Waals surface area contributed by atoms with Crippen molar-refractivity contribution in [3.63, 3.8) is 0 Å². The summed E-state index contributed by atoms with van der Waals surface area (Å²) in [6, 6.07) is 2.94. The van der Waals surface area contributed by atoms with E-state index in [1.807, 2.05) is 11.0 Å². The van der Waals surface area contributed by atoms with Gasteiger partial charge in [0, 0.05) is 13.1 Å². The first kappa shape index (κ1) is 12.1. The van der Waals surface area contributed by atoms with Gasteiger partial charge in [-0.15, -0.1) is 0 Å². The molecule has 5 heteroatoms. The van der Waals surface area contributed by atoms with E-state index in [1.54, 1.807) is 0 Å². The Morgan fingerprint density at radius 2 is 2.18 bits per heavy atom. The number of hydrogen-bond donors (Lipinski definition) is 1. The molecule has 2 rings (SSSR count). The number of aromatic carboxylic acids is 1. The lowest BCUT2D eigenvalue weighted by atomic mass is 10.1. The number of carbonyl (C=O) groups is 1. The third-order valence-electron chi connectivity index (χ3n) is 2.69. The zero-order valence-corrected chi connectivity index (χ0v) is 10.6. The maximum absolute atomic E-state index is 14.0. The summed E-state index contributed by atoms with van der Waals surface area (Å²) >= 11 is 3.00. The number of carboxylic acids is 1. The van der Waals surface area contributed by atoms with Crippen LogP contribution in [0.2, 0.25) is 0 Å². The van der Waals surface area contributed by atoms with Gasteiger partial charge >= 0.3 is 5.97 Å². The van der Waals surface area contributed by atoms with Crippen LogP contribution in [0.15, 0.2) is 28.8 Å². The van der Waals surface area contributed by atoms with Crippen LogP contribution in [0.4, 0.5) is 10.1 Å². The molecule has 0 amide bonds. The van der Waals surface area contributed by atoms with Gasteiger partial charge in [0.2, 0.25) is 0 Å². The quantitative estimate of drug-likeness (QED) is 0.853. The molecule has 0 unspecified atom stereocenters. The van der Waals surface area contributed by atoms with Crippen molar-refractivity contribution in [1.82, 2.24) is 0 Å². The van der Waals surface area contributed by atoms with Gasteiger partial charge in [-0.25, -0.2) is 9.18 Å². The van der Waals surface area contributed by atoms with Crippen LogP contribution in [0.25, 0.3) is 0 Å². The predicted octanol–water partition coefficient (Wildman–Crippen LogP) is 3.05. The summed E-state index contributed by atoms with van der Waals surface area (Å²) in [6.45, 7) is 1.39. The molecule has 0 spiro atoms. The van der Waals surface area contributed by atoms with Gasteiger partial charge in [0.05, 0.1) is 15.7 Å². The molecule has 1 heterocycles. The zero-order valence-electron chi connectivity index (χ0n) is 8.99. The Balaban J connectivity index is 2.40. The number of anilines is 1. The van der Waals surface area contributed by atoms with Crippen molar-refractivity contribution in [2.24, 2.45) is 0 Å². The van der Waals surface area contributed by atoms with Gasteiger partial charge in [-0.1, -0.05) is 12.2 Å². The van der Waals surface area contributed by atoms with Crippen molar-refractivity contribution < 1.29 is 14.3 Å². The molecule has 1 aromatic carbocycles. The Kier molecular flexibility index (Phi) is 3.47. The lowest BCUT2D eigenvalue weighted by molar-refractivity contribution is 0.0695. The van der Waals surface area contributed by atoms with Crippen LogP contribution >= 0.6 is 15.9 Å². The summed E-state index contributed by atoms with van der Waals surface area (Å²) in [5, 5.41) is 8.87. The van der Waals surface area contributed by atoms with E-state index in [9.17, 15) is 9.18 Å². The molecule has 0 saturated heterocycles. The molecule has 1 aromatic rings. The van der Waals surface area contributed by atoms with E-state index in [0.29, 0.717) is 12.2 Å². The highest BCUT2D eigenvalue weighted by molar-refractivity contribution is 9.10. The fourth-order valence-corrected chi connectivity index (χ4v) is 2.31. The molecular weight excluding hydrogens is 289 g/mol. The van der Waals surface area contributed by atoms with E-state index >= 15 is 0 Å². The summed E-state index contributed by atoms with van der Waals surface area (Å²) in [5.41, 5.74) is 0.380. The van der Waals surface area contributed by atoms with Crippen molar-refractivity contribution in [2.45, 2.75) is 6.42 Å². The Morgan fingerprint density at radius 3 is 2.76 bits per heavy atom. The Labute approximate surface area is 107 Å². The van der Waals surface area contributed by atoms with Crippen molar-refractivity contribution in [2.75, 3.05) is 18.0 Å². The summed E-state index contributed by atoms with van der Waals surface area (Å²) < 4.78 is 14.0. The minimum atomic E-state index is -1.14. The van der Waals surface area contributed by atoms with Gasteiger partial charge in [-0.3, -0.25) is 0 Å². The lowest BCUT2D eigenvalue weighted by Gasteiger charge is -2.26. The van der Waals surface area contributed by atoms with Crippen molar-refractivity contribution in [1.29, 1.82) is 0 Å². The molecule has 0 fully saturated rings. The fourth-order valence-electron chi connectivity index (χ4n) is 1.81. The second-order valence-electron chi connectivity index (χ2n) is 3.77. The van der Waals surface area contributed by atoms with Crippen molar-refractivity contribution in [3.05, 3.63) is 40.1 Å². The zero-order chi connectivity index (χ0) is 12.4. The van der Waals surface area contributed by atoms with Crippen LogP contribution in [0.5, 0.6) is 0 Å². The summed E-state index contributed by atoms with van der Waals surface area (Å²) in [5.74, 6) is -1.65. The molecule has 0 saturated carbocycles. The number of benzene rings is 1. The highest BCUT2D eigenvalue weighted by Crippen LogP contribution is 2.30. The Morgan fingerprint density at radius 1 is 1.41 bits per heavy atom. The summed E-state index contributed by atoms with van der Waals surface area (Å²) in [7, 11) is 0.